The van der Waals surface area contributed by atoms with Crippen LogP contribution in [0.1, 0.15) is 121 Å². The molecule has 0 N–H and O–H groups in total. The zero-order chi connectivity index (χ0) is 35.2. The fourth-order valence-electron chi connectivity index (χ4n) is 6.15. The van der Waals surface area contributed by atoms with Crippen LogP contribution in [0, 0.1) is 5.92 Å². The second-order valence-corrected chi connectivity index (χ2v) is 26.4. The van der Waals surface area contributed by atoms with E-state index >= 15 is 0 Å². The molecule has 0 aromatic heterocycles. The third-order valence-electron chi connectivity index (χ3n) is 11.2. The summed E-state index contributed by atoms with van der Waals surface area (Å²) in [5.74, 6) is -0.126. The van der Waals surface area contributed by atoms with Gasteiger partial charge in [0.25, 0.3) is 0 Å². The van der Waals surface area contributed by atoms with Crippen molar-refractivity contribution in [3.05, 3.63) is 70.8 Å². The smallest absolute Gasteiger partial charge is 0.305 e. The number of unbranched alkanes of at least 4 members (excludes halogenated alkanes) is 2. The van der Waals surface area contributed by atoms with Crippen molar-refractivity contribution in [2.75, 3.05) is 7.11 Å². The van der Waals surface area contributed by atoms with Gasteiger partial charge in [-0.05, 0) is 77.8 Å². The number of carbonyl (C=O) groups excluding carboxylic acids is 2. The van der Waals surface area contributed by atoms with Crippen molar-refractivity contribution in [1.29, 1.82) is 0 Å². The molecule has 0 radical (unpaired) electrons. The molecule has 0 saturated heterocycles. The lowest BCUT2D eigenvalue weighted by molar-refractivity contribution is -0.140. The van der Waals surface area contributed by atoms with E-state index in [4.69, 9.17) is 13.6 Å². The summed E-state index contributed by atoms with van der Waals surface area (Å²) in [6.07, 6.45) is 6.56. The summed E-state index contributed by atoms with van der Waals surface area (Å²) in [5, 5.41) is 0.182. The van der Waals surface area contributed by atoms with Gasteiger partial charge in [-0.25, -0.2) is 0 Å². The monoisotopic (exact) mass is 680 g/mol. The first-order chi connectivity index (χ1) is 21.8. The highest BCUT2D eigenvalue weighted by molar-refractivity contribution is 6.74. The van der Waals surface area contributed by atoms with Crippen LogP contribution in [0.25, 0.3) is 0 Å². The van der Waals surface area contributed by atoms with Crippen molar-refractivity contribution < 1.29 is 23.2 Å². The second kappa shape index (κ2) is 16.1. The molecule has 2 unspecified atom stereocenters. The molecule has 2 aromatic carbocycles. The number of hydrogen-bond donors (Lipinski definition) is 0. The molecule has 1 saturated carbocycles. The van der Waals surface area contributed by atoms with E-state index in [0.29, 0.717) is 25.7 Å². The molecule has 7 heteroatoms. The summed E-state index contributed by atoms with van der Waals surface area (Å²) in [5.41, 5.74) is 4.62. The number of ether oxygens (including phenoxy) is 1. The van der Waals surface area contributed by atoms with Crippen LogP contribution in [0.4, 0.5) is 0 Å². The molecule has 0 heterocycles. The highest BCUT2D eigenvalue weighted by atomic mass is 28.4. The van der Waals surface area contributed by atoms with Gasteiger partial charge >= 0.3 is 5.97 Å². The summed E-state index contributed by atoms with van der Waals surface area (Å²) in [4.78, 5) is 25.7. The number of rotatable bonds is 15. The zero-order valence-electron chi connectivity index (χ0n) is 31.6. The fraction of sp³-hybridized carbons (Fsp3) is 0.650. The predicted octanol–water partition coefficient (Wildman–Crippen LogP) is 10.7. The van der Waals surface area contributed by atoms with E-state index in [1.165, 1.54) is 31.1 Å². The Kier molecular flexibility index (Phi) is 13.5. The van der Waals surface area contributed by atoms with E-state index in [0.717, 1.165) is 24.0 Å². The Labute approximate surface area is 288 Å². The largest absolute Gasteiger partial charge is 0.469 e. The minimum Gasteiger partial charge on any atom is -0.469 e. The molecule has 1 aliphatic carbocycles. The van der Waals surface area contributed by atoms with E-state index in [-0.39, 0.29) is 45.9 Å². The molecule has 1 aliphatic rings. The van der Waals surface area contributed by atoms with Crippen molar-refractivity contribution in [2.45, 2.75) is 154 Å². The van der Waals surface area contributed by atoms with Crippen LogP contribution >= 0.6 is 0 Å². The normalized spacial score (nSPS) is 20.0. The van der Waals surface area contributed by atoms with Crippen molar-refractivity contribution in [3.8, 4) is 0 Å². The Morgan fingerprint density at radius 2 is 1.51 bits per heavy atom. The third kappa shape index (κ3) is 10.5. The third-order valence-corrected chi connectivity index (χ3v) is 20.2. The highest BCUT2D eigenvalue weighted by Gasteiger charge is 2.48. The van der Waals surface area contributed by atoms with E-state index in [9.17, 15) is 9.59 Å². The molecule has 1 fully saturated rings. The van der Waals surface area contributed by atoms with Crippen LogP contribution < -0.4 is 0 Å². The number of Topliss-reactive ketones (excluding diaryl/α,β-unsaturated/α-hetero) is 1. The molecule has 2 aromatic rings. The maximum Gasteiger partial charge on any atom is 0.305 e. The quantitative estimate of drug-likeness (QED) is 0.106. The molecule has 47 heavy (non-hydrogen) atoms. The topological polar surface area (TPSA) is 61.8 Å². The summed E-state index contributed by atoms with van der Waals surface area (Å²) >= 11 is 0. The summed E-state index contributed by atoms with van der Waals surface area (Å²) < 4.78 is 18.9. The number of methoxy groups -OCH3 is 1. The zero-order valence-corrected chi connectivity index (χ0v) is 33.6. The van der Waals surface area contributed by atoms with E-state index in [2.05, 4.69) is 111 Å². The van der Waals surface area contributed by atoms with Gasteiger partial charge in [0.2, 0.25) is 0 Å². The predicted molar refractivity (Wildman–Crippen MR) is 200 cm³/mol. The van der Waals surface area contributed by atoms with Crippen LogP contribution in [-0.2, 0) is 36.0 Å². The average molecular weight is 681 g/mol. The molecule has 0 spiro atoms. The summed E-state index contributed by atoms with van der Waals surface area (Å²) in [6.45, 7) is 25.2. The van der Waals surface area contributed by atoms with Gasteiger partial charge in [0.15, 0.2) is 16.6 Å². The van der Waals surface area contributed by atoms with Crippen molar-refractivity contribution in [2.24, 2.45) is 5.92 Å². The highest BCUT2D eigenvalue weighted by Crippen LogP contribution is 2.47. The Bertz CT molecular complexity index is 1320. The van der Waals surface area contributed by atoms with Crippen molar-refractivity contribution in [1.82, 2.24) is 0 Å². The number of esters is 1. The first-order valence-corrected chi connectivity index (χ1v) is 23.7. The van der Waals surface area contributed by atoms with Crippen LogP contribution in [0.15, 0.2) is 48.5 Å². The lowest BCUT2D eigenvalue weighted by Gasteiger charge is -2.40. The number of hydrogen-bond acceptors (Lipinski definition) is 5. The van der Waals surface area contributed by atoms with Crippen molar-refractivity contribution in [3.63, 3.8) is 0 Å². The molecule has 5 nitrogen and oxygen atoms in total. The lowest BCUT2D eigenvalue weighted by Crippen LogP contribution is -2.44. The maximum atomic E-state index is 13.9. The molecule has 4 atom stereocenters. The van der Waals surface area contributed by atoms with Crippen LogP contribution in [-0.4, -0.2) is 41.6 Å². The van der Waals surface area contributed by atoms with Gasteiger partial charge in [0.05, 0.1) is 19.3 Å². The van der Waals surface area contributed by atoms with Crippen molar-refractivity contribution >= 4 is 28.4 Å². The summed E-state index contributed by atoms with van der Waals surface area (Å²) in [7, 11) is -2.68. The Morgan fingerprint density at radius 3 is 2.09 bits per heavy atom. The van der Waals surface area contributed by atoms with Gasteiger partial charge in [-0.3, -0.25) is 9.59 Å². The molecule has 3 rings (SSSR count). The average Bonchev–Trinajstić information content (AvgIpc) is 3.27. The Balaban J connectivity index is 1.97. The molecular formula is C40H64O5Si2. The van der Waals surface area contributed by atoms with Crippen LogP contribution in [0.5, 0.6) is 0 Å². The first kappa shape index (κ1) is 39.4. The fourth-order valence-corrected chi connectivity index (χ4v) is 8.81. The van der Waals surface area contributed by atoms with E-state index in [1.807, 2.05) is 12.1 Å². The van der Waals surface area contributed by atoms with E-state index in [1.54, 1.807) is 0 Å². The molecule has 0 amide bonds. The van der Waals surface area contributed by atoms with Gasteiger partial charge in [0, 0.05) is 24.7 Å². The second-order valence-electron chi connectivity index (χ2n) is 16.8. The standard InChI is InChI=1S/C40H64O5Si2/c1-13-14-15-19-35(44-46(9,10)39(2,3)4)31-21-23-32(24-22-31)38-33(34(41)28-36(38)45-47(11,12)40(5,6)7)27-30-18-16-17-29(26-30)20-25-37(42)43-8/h16-18,21-24,26,33,35-36,38H,13-15,19-20,25,27-28H2,1-12H3/t33?,35?,36-,38+/m0/s1. The number of aryl methyl sites for hydroxylation is 1. The maximum absolute atomic E-state index is 13.9. The van der Waals surface area contributed by atoms with Gasteiger partial charge in [0.1, 0.15) is 5.78 Å². The van der Waals surface area contributed by atoms with Crippen LogP contribution in [0.3, 0.4) is 0 Å². The minimum absolute atomic E-state index is 0.0238. The molecule has 262 valence electrons. The van der Waals surface area contributed by atoms with E-state index < -0.39 is 16.6 Å². The number of benzene rings is 2. The number of carbonyl (C=O) groups is 2. The Hall–Kier alpha value is -2.07. The SMILES string of the molecule is CCCCCC(O[Si](C)(C)C(C)(C)C)c1ccc([C@@H]2C(Cc3cccc(CCC(=O)OC)c3)C(=O)C[C@@H]2O[Si](C)(C)C(C)(C)C)cc1. The lowest BCUT2D eigenvalue weighted by atomic mass is 9.82. The summed E-state index contributed by atoms with van der Waals surface area (Å²) in [6, 6.07) is 17.4. The van der Waals surface area contributed by atoms with Gasteiger partial charge in [-0.15, -0.1) is 0 Å². The van der Waals surface area contributed by atoms with Gasteiger partial charge < -0.3 is 13.6 Å². The first-order valence-electron chi connectivity index (χ1n) is 17.9. The number of ketones is 1. The molecule has 0 bridgehead atoms. The van der Waals surface area contributed by atoms with Crippen LogP contribution in [0.2, 0.25) is 36.3 Å². The molecule has 0 aliphatic heterocycles. The minimum atomic E-state index is -2.13. The van der Waals surface area contributed by atoms with Gasteiger partial charge in [-0.1, -0.05) is 116 Å². The van der Waals surface area contributed by atoms with Gasteiger partial charge in [-0.2, -0.15) is 0 Å². The molecular weight excluding hydrogens is 617 g/mol. The Morgan fingerprint density at radius 1 is 0.894 bits per heavy atom.